The number of aryl methyl sites for hydroxylation is 3. The second kappa shape index (κ2) is 11.2. The molecule has 0 radical (unpaired) electrons. The van der Waals surface area contributed by atoms with Crippen LogP contribution in [0.4, 0.5) is 0 Å². The minimum atomic E-state index is -1.56. The number of hydrogen-bond donors (Lipinski definition) is 1. The fourth-order valence-electron chi connectivity index (χ4n) is 3.23. The Labute approximate surface area is 172 Å². The average Bonchev–Trinajstić information content (AvgIpc) is 2.71. The molecular weight excluding hydrogens is 370 g/mol. The van der Waals surface area contributed by atoms with Crippen LogP contribution < -0.4 is 4.74 Å². The van der Waals surface area contributed by atoms with E-state index in [-0.39, 0.29) is 0 Å². The lowest BCUT2D eigenvalue weighted by Crippen LogP contribution is -2.33. The van der Waals surface area contributed by atoms with E-state index in [1.807, 2.05) is 43.3 Å². The summed E-state index contributed by atoms with van der Waals surface area (Å²) in [5.74, 6) is -1.92. The molecule has 0 bridgehead atoms. The maximum absolute atomic E-state index is 11.5. The predicted octanol–water partition coefficient (Wildman–Crippen LogP) is 2.97. The lowest BCUT2D eigenvalue weighted by Gasteiger charge is -2.21. The summed E-state index contributed by atoms with van der Waals surface area (Å²) in [6.07, 6.45) is 2.62. The first kappa shape index (κ1) is 22.4. The maximum atomic E-state index is 11.5. The van der Waals surface area contributed by atoms with Gasteiger partial charge >= 0.3 is 11.9 Å². The SMILES string of the molecule is COc1ccc(CCc2ccccc2CCC(CN(C)C)OC(=O)C(=O)O)cc1. The van der Waals surface area contributed by atoms with E-state index < -0.39 is 18.0 Å². The van der Waals surface area contributed by atoms with Crippen molar-refractivity contribution in [2.24, 2.45) is 0 Å². The highest BCUT2D eigenvalue weighted by molar-refractivity contribution is 6.28. The van der Waals surface area contributed by atoms with Crippen LogP contribution in [0.3, 0.4) is 0 Å². The highest BCUT2D eigenvalue weighted by Gasteiger charge is 2.21. The van der Waals surface area contributed by atoms with Crippen LogP contribution in [0.2, 0.25) is 0 Å². The molecule has 1 atom stereocenters. The number of ether oxygens (including phenoxy) is 2. The van der Waals surface area contributed by atoms with Gasteiger partial charge < -0.3 is 19.5 Å². The summed E-state index contributed by atoms with van der Waals surface area (Å²) in [5.41, 5.74) is 3.68. The summed E-state index contributed by atoms with van der Waals surface area (Å²) < 4.78 is 10.3. The number of carbonyl (C=O) groups excluding carboxylic acids is 1. The third kappa shape index (κ3) is 7.58. The molecule has 29 heavy (non-hydrogen) atoms. The van der Waals surface area contributed by atoms with Crippen molar-refractivity contribution in [3.8, 4) is 5.75 Å². The Morgan fingerprint density at radius 2 is 1.59 bits per heavy atom. The Kier molecular flexibility index (Phi) is 8.68. The zero-order chi connectivity index (χ0) is 21.2. The van der Waals surface area contributed by atoms with Crippen molar-refractivity contribution in [3.05, 3.63) is 65.2 Å². The summed E-state index contributed by atoms with van der Waals surface area (Å²) in [4.78, 5) is 24.2. The minimum absolute atomic E-state index is 0.469. The Balaban J connectivity index is 2.00. The van der Waals surface area contributed by atoms with Gasteiger partial charge in [-0.25, -0.2) is 9.59 Å². The van der Waals surface area contributed by atoms with Gasteiger partial charge in [0.15, 0.2) is 0 Å². The molecule has 0 aliphatic heterocycles. The van der Waals surface area contributed by atoms with E-state index in [0.717, 1.165) is 18.6 Å². The Hall–Kier alpha value is -2.86. The van der Waals surface area contributed by atoms with Crippen molar-refractivity contribution < 1.29 is 24.2 Å². The van der Waals surface area contributed by atoms with Crippen LogP contribution in [0.1, 0.15) is 23.1 Å². The molecule has 0 saturated heterocycles. The number of methoxy groups -OCH3 is 1. The molecule has 156 valence electrons. The first-order valence-electron chi connectivity index (χ1n) is 9.67. The van der Waals surface area contributed by atoms with Crippen LogP contribution in [-0.2, 0) is 33.6 Å². The van der Waals surface area contributed by atoms with Gasteiger partial charge in [0.1, 0.15) is 11.9 Å². The van der Waals surface area contributed by atoms with Crippen molar-refractivity contribution in [2.75, 3.05) is 27.7 Å². The predicted molar refractivity (Wildman–Crippen MR) is 111 cm³/mol. The molecule has 0 heterocycles. The summed E-state index contributed by atoms with van der Waals surface area (Å²) in [7, 11) is 5.39. The van der Waals surface area contributed by atoms with Gasteiger partial charge in [0.2, 0.25) is 0 Å². The molecule has 0 saturated carbocycles. The third-order valence-electron chi connectivity index (χ3n) is 4.71. The van der Waals surface area contributed by atoms with Crippen LogP contribution in [0.5, 0.6) is 5.75 Å². The molecular formula is C23H29NO5. The fourth-order valence-corrected chi connectivity index (χ4v) is 3.23. The number of carbonyl (C=O) groups is 2. The standard InChI is InChI=1S/C23H29NO5/c1-24(2)16-21(29-23(27)22(25)26)15-12-19-7-5-4-6-18(19)11-8-17-9-13-20(28-3)14-10-17/h4-7,9-10,13-14,21H,8,11-12,15-16H2,1-3H3,(H,25,26). The van der Waals surface area contributed by atoms with Crippen molar-refractivity contribution in [2.45, 2.75) is 31.8 Å². The third-order valence-corrected chi connectivity index (χ3v) is 4.71. The summed E-state index contributed by atoms with van der Waals surface area (Å²) >= 11 is 0. The van der Waals surface area contributed by atoms with Crippen molar-refractivity contribution in [3.63, 3.8) is 0 Å². The summed E-state index contributed by atoms with van der Waals surface area (Å²) in [5, 5.41) is 8.81. The van der Waals surface area contributed by atoms with E-state index >= 15 is 0 Å². The molecule has 2 aromatic carbocycles. The molecule has 0 aliphatic carbocycles. The topological polar surface area (TPSA) is 76.1 Å². The van der Waals surface area contributed by atoms with Crippen LogP contribution in [-0.4, -0.2) is 55.8 Å². The van der Waals surface area contributed by atoms with Crippen LogP contribution >= 0.6 is 0 Å². The first-order chi connectivity index (χ1) is 13.9. The molecule has 6 nitrogen and oxygen atoms in total. The Morgan fingerprint density at radius 3 is 2.14 bits per heavy atom. The Bertz CT molecular complexity index is 801. The van der Waals surface area contributed by atoms with Gasteiger partial charge in [-0.15, -0.1) is 0 Å². The quantitative estimate of drug-likeness (QED) is 0.489. The number of rotatable bonds is 10. The largest absolute Gasteiger partial charge is 0.497 e. The van der Waals surface area contributed by atoms with Gasteiger partial charge in [-0.2, -0.15) is 0 Å². The molecule has 1 N–H and O–H groups in total. The van der Waals surface area contributed by atoms with E-state index in [4.69, 9.17) is 14.6 Å². The molecule has 6 heteroatoms. The average molecular weight is 399 g/mol. The highest BCUT2D eigenvalue weighted by Crippen LogP contribution is 2.18. The summed E-state index contributed by atoms with van der Waals surface area (Å²) in [6, 6.07) is 16.3. The zero-order valence-electron chi connectivity index (χ0n) is 17.3. The number of carboxylic acid groups (broad SMARTS) is 1. The van der Waals surface area contributed by atoms with Gasteiger partial charge in [0.25, 0.3) is 0 Å². The van der Waals surface area contributed by atoms with Gasteiger partial charge in [-0.3, -0.25) is 0 Å². The molecule has 0 amide bonds. The molecule has 0 aromatic heterocycles. The van der Waals surface area contributed by atoms with Crippen LogP contribution in [0, 0.1) is 0 Å². The van der Waals surface area contributed by atoms with Crippen molar-refractivity contribution >= 4 is 11.9 Å². The highest BCUT2D eigenvalue weighted by atomic mass is 16.6. The second-order valence-corrected chi connectivity index (χ2v) is 7.25. The lowest BCUT2D eigenvalue weighted by molar-refractivity contribution is -0.168. The maximum Gasteiger partial charge on any atom is 0.417 e. The molecule has 0 spiro atoms. The van der Waals surface area contributed by atoms with Gasteiger partial charge in [0.05, 0.1) is 7.11 Å². The zero-order valence-corrected chi connectivity index (χ0v) is 17.3. The van der Waals surface area contributed by atoms with Crippen molar-refractivity contribution in [1.82, 2.24) is 4.90 Å². The molecule has 2 aromatic rings. The number of aliphatic carboxylic acids is 1. The lowest BCUT2D eigenvalue weighted by atomic mass is 9.96. The smallest absolute Gasteiger partial charge is 0.417 e. The van der Waals surface area contributed by atoms with E-state index in [9.17, 15) is 9.59 Å². The van der Waals surface area contributed by atoms with E-state index in [1.54, 1.807) is 7.11 Å². The molecule has 0 aliphatic rings. The van der Waals surface area contributed by atoms with Crippen LogP contribution in [0.25, 0.3) is 0 Å². The fraction of sp³-hybridized carbons (Fsp3) is 0.391. The number of hydrogen-bond acceptors (Lipinski definition) is 5. The van der Waals surface area contributed by atoms with E-state index in [1.165, 1.54) is 16.7 Å². The molecule has 0 fully saturated rings. The van der Waals surface area contributed by atoms with Gasteiger partial charge in [-0.1, -0.05) is 36.4 Å². The number of carboxylic acids is 1. The Morgan fingerprint density at radius 1 is 0.966 bits per heavy atom. The number of esters is 1. The first-order valence-corrected chi connectivity index (χ1v) is 9.67. The number of benzene rings is 2. The van der Waals surface area contributed by atoms with Gasteiger partial charge in [-0.05, 0) is 68.6 Å². The minimum Gasteiger partial charge on any atom is -0.497 e. The van der Waals surface area contributed by atoms with Gasteiger partial charge in [0, 0.05) is 6.54 Å². The van der Waals surface area contributed by atoms with Crippen molar-refractivity contribution in [1.29, 1.82) is 0 Å². The normalized spacial score (nSPS) is 11.9. The molecule has 1 unspecified atom stereocenters. The van der Waals surface area contributed by atoms with E-state index in [2.05, 4.69) is 24.3 Å². The summed E-state index contributed by atoms with van der Waals surface area (Å²) in [6.45, 7) is 0.479. The monoisotopic (exact) mass is 399 g/mol. The number of likely N-dealkylation sites (N-methyl/N-ethyl adjacent to an activating group) is 1. The van der Waals surface area contributed by atoms with Crippen LogP contribution in [0.15, 0.2) is 48.5 Å². The van der Waals surface area contributed by atoms with E-state index in [0.29, 0.717) is 19.4 Å². The number of nitrogens with zero attached hydrogens (tertiary/aromatic N) is 1. The molecule has 2 rings (SSSR count). The second-order valence-electron chi connectivity index (χ2n) is 7.25.